The lowest BCUT2D eigenvalue weighted by Gasteiger charge is -2.05. The van der Waals surface area contributed by atoms with Crippen LogP contribution in [0, 0.1) is 19.6 Å². The summed E-state index contributed by atoms with van der Waals surface area (Å²) in [4.78, 5) is 55.3. The Bertz CT molecular complexity index is 1110. The van der Waals surface area contributed by atoms with Gasteiger partial charge in [0.2, 0.25) is 0 Å². The van der Waals surface area contributed by atoms with E-state index >= 15 is 0 Å². The Morgan fingerprint density at radius 1 is 0.720 bits per heavy atom. The van der Waals surface area contributed by atoms with Crippen molar-refractivity contribution >= 4 is 33.7 Å². The van der Waals surface area contributed by atoms with Crippen molar-refractivity contribution in [1.82, 2.24) is 0 Å². The van der Waals surface area contributed by atoms with Crippen LogP contribution in [0.4, 0.5) is 22.7 Å². The third kappa shape index (κ3) is 2.72. The van der Waals surface area contributed by atoms with Gasteiger partial charge in [0, 0.05) is 17.7 Å². The Hall–Kier alpha value is -3.95. The Labute approximate surface area is 137 Å². The van der Waals surface area contributed by atoms with Crippen molar-refractivity contribution in [3.8, 4) is 11.3 Å². The van der Waals surface area contributed by atoms with Crippen LogP contribution in [0.15, 0.2) is 66.3 Å². The third-order valence-corrected chi connectivity index (χ3v) is 3.46. The number of rotatable bonds is 5. The normalized spacial score (nSPS) is 10.4. The number of benzene rings is 2. The summed E-state index contributed by atoms with van der Waals surface area (Å²) in [7, 11) is 0. The molecule has 0 aliphatic heterocycles. The van der Waals surface area contributed by atoms with Gasteiger partial charge in [-0.25, -0.2) is 0 Å². The lowest BCUT2D eigenvalue weighted by molar-refractivity contribution is 0.619. The Balaban J connectivity index is 2.30. The molecule has 10 nitrogen and oxygen atoms in total. The summed E-state index contributed by atoms with van der Waals surface area (Å²) in [6.45, 7) is 0. The molecular formula is C15H6N4O6. The van der Waals surface area contributed by atoms with Crippen LogP contribution >= 0.6 is 0 Å². The maximum Gasteiger partial charge on any atom is 0.195 e. The Morgan fingerprint density at radius 2 is 1.44 bits per heavy atom. The summed E-state index contributed by atoms with van der Waals surface area (Å²) in [5.41, 5.74) is -1.20. The van der Waals surface area contributed by atoms with Crippen LogP contribution in [-0.2, 0) is 0 Å². The van der Waals surface area contributed by atoms with Crippen LogP contribution in [0.3, 0.4) is 0 Å². The van der Waals surface area contributed by atoms with Crippen molar-refractivity contribution in [2.75, 3.05) is 0 Å². The molecule has 122 valence electrons. The molecule has 3 rings (SSSR count). The molecule has 0 radical (unpaired) electrons. The molecule has 25 heavy (non-hydrogen) atoms. The highest BCUT2D eigenvalue weighted by molar-refractivity contribution is 5.92. The number of hydrogen-bond acceptors (Lipinski definition) is 10. The van der Waals surface area contributed by atoms with Gasteiger partial charge in [-0.2, -0.15) is 0 Å². The molecule has 0 unspecified atom stereocenters. The smallest absolute Gasteiger partial charge is 0.195 e. The third-order valence-electron chi connectivity index (χ3n) is 3.46. The fraction of sp³-hybridized carbons (Fsp3) is 0. The first-order valence-corrected chi connectivity index (χ1v) is 6.71. The Kier molecular flexibility index (Phi) is 4.00. The van der Waals surface area contributed by atoms with E-state index in [9.17, 15) is 24.4 Å². The highest BCUT2D eigenvalue weighted by atomic mass is 16.3. The molecule has 0 N–H and O–H groups in total. The predicted molar refractivity (Wildman–Crippen MR) is 89.7 cm³/mol. The monoisotopic (exact) mass is 338 g/mol. The molecular weight excluding hydrogens is 332 g/mol. The van der Waals surface area contributed by atoms with Crippen LogP contribution in [0.2, 0.25) is 0 Å². The summed E-state index contributed by atoms with van der Waals surface area (Å²) in [5, 5.41) is 10.6. The van der Waals surface area contributed by atoms with E-state index in [-0.39, 0.29) is 45.0 Å². The van der Waals surface area contributed by atoms with Crippen molar-refractivity contribution in [1.29, 1.82) is 0 Å². The van der Waals surface area contributed by atoms with Gasteiger partial charge in [0.1, 0.15) is 34.1 Å². The zero-order chi connectivity index (χ0) is 18.0. The molecule has 0 fully saturated rings. The van der Waals surface area contributed by atoms with Crippen molar-refractivity contribution in [3.05, 3.63) is 66.2 Å². The van der Waals surface area contributed by atoms with Gasteiger partial charge in [0.05, 0.1) is 5.39 Å². The van der Waals surface area contributed by atoms with E-state index in [4.69, 9.17) is 4.42 Å². The van der Waals surface area contributed by atoms with Crippen molar-refractivity contribution in [3.63, 3.8) is 0 Å². The first-order valence-electron chi connectivity index (χ1n) is 6.71. The van der Waals surface area contributed by atoms with Gasteiger partial charge in [0.15, 0.2) is 5.43 Å². The second kappa shape index (κ2) is 6.28. The van der Waals surface area contributed by atoms with Gasteiger partial charge >= 0.3 is 0 Å². The van der Waals surface area contributed by atoms with Gasteiger partial charge in [-0.3, -0.25) is 4.79 Å². The first kappa shape index (κ1) is 15.9. The van der Waals surface area contributed by atoms with E-state index in [1.807, 2.05) is 0 Å². The molecule has 10 heteroatoms. The van der Waals surface area contributed by atoms with E-state index in [0.717, 1.165) is 12.1 Å². The molecule has 0 saturated carbocycles. The summed E-state index contributed by atoms with van der Waals surface area (Å²) < 4.78 is 5.54. The zero-order valence-corrected chi connectivity index (χ0v) is 12.2. The molecule has 2 aromatic carbocycles. The molecule has 0 bridgehead atoms. The highest BCUT2D eigenvalue weighted by Crippen LogP contribution is 2.35. The van der Waals surface area contributed by atoms with E-state index in [1.165, 1.54) is 24.3 Å². The SMILES string of the molecule is O=Nc1cc(N=O)c2c(=O)cc(-c3ccc(N=O)c(N=O)c3)oc2c1. The molecule has 0 aliphatic carbocycles. The number of fused-ring (bicyclic) bond motifs is 1. The van der Waals surface area contributed by atoms with Crippen LogP contribution in [-0.4, -0.2) is 0 Å². The van der Waals surface area contributed by atoms with Gasteiger partial charge in [-0.15, -0.1) is 19.6 Å². The summed E-state index contributed by atoms with van der Waals surface area (Å²) in [6, 6.07) is 7.19. The highest BCUT2D eigenvalue weighted by Gasteiger charge is 2.15. The molecule has 0 atom stereocenters. The topological polar surface area (TPSA) is 148 Å². The van der Waals surface area contributed by atoms with E-state index in [0.29, 0.717) is 0 Å². The zero-order valence-electron chi connectivity index (χ0n) is 12.2. The van der Waals surface area contributed by atoms with E-state index < -0.39 is 5.43 Å². The lowest BCUT2D eigenvalue weighted by atomic mass is 10.1. The van der Waals surface area contributed by atoms with E-state index in [2.05, 4.69) is 20.7 Å². The molecule has 1 aromatic heterocycles. The summed E-state index contributed by atoms with van der Waals surface area (Å²) in [5.74, 6) is 0.0275. The van der Waals surface area contributed by atoms with Crippen molar-refractivity contribution < 1.29 is 4.42 Å². The largest absolute Gasteiger partial charge is 0.456 e. The molecule has 0 amide bonds. The van der Waals surface area contributed by atoms with Crippen molar-refractivity contribution in [2.45, 2.75) is 0 Å². The average molecular weight is 338 g/mol. The molecule has 3 aromatic rings. The molecule has 1 heterocycles. The number of nitroso groups, excluding NO2 is 4. The lowest BCUT2D eigenvalue weighted by Crippen LogP contribution is -2.00. The number of hydrogen-bond donors (Lipinski definition) is 0. The van der Waals surface area contributed by atoms with Crippen LogP contribution < -0.4 is 5.43 Å². The van der Waals surface area contributed by atoms with Gasteiger partial charge in [-0.05, 0) is 45.0 Å². The van der Waals surface area contributed by atoms with Crippen LogP contribution in [0.5, 0.6) is 0 Å². The fourth-order valence-corrected chi connectivity index (χ4v) is 2.35. The standard InChI is InChI=1S/C15H6N4O6/c20-12-6-13(7-1-2-9(17-22)10(3-7)18-23)25-14-5-8(16-21)4-11(19-24)15(12)14/h1-6H. The minimum Gasteiger partial charge on any atom is -0.456 e. The Morgan fingerprint density at radius 3 is 2.08 bits per heavy atom. The van der Waals surface area contributed by atoms with Gasteiger partial charge < -0.3 is 4.42 Å². The van der Waals surface area contributed by atoms with E-state index in [1.54, 1.807) is 0 Å². The average Bonchev–Trinajstić information content (AvgIpc) is 2.65. The fourth-order valence-electron chi connectivity index (χ4n) is 2.35. The van der Waals surface area contributed by atoms with Crippen LogP contribution in [0.25, 0.3) is 22.3 Å². The minimum atomic E-state index is -0.582. The summed E-state index contributed by atoms with van der Waals surface area (Å²) in [6.07, 6.45) is 0. The minimum absolute atomic E-state index is 0.0275. The van der Waals surface area contributed by atoms with Gasteiger partial charge in [-0.1, -0.05) is 0 Å². The summed E-state index contributed by atoms with van der Waals surface area (Å²) >= 11 is 0. The maximum atomic E-state index is 12.3. The van der Waals surface area contributed by atoms with Crippen LogP contribution in [0.1, 0.15) is 0 Å². The molecule has 0 aliphatic rings. The second-order valence-electron chi connectivity index (χ2n) is 4.88. The second-order valence-corrected chi connectivity index (χ2v) is 4.88. The quantitative estimate of drug-likeness (QED) is 0.594. The van der Waals surface area contributed by atoms with Gasteiger partial charge in [0.25, 0.3) is 0 Å². The van der Waals surface area contributed by atoms with Crippen molar-refractivity contribution in [2.24, 2.45) is 20.7 Å². The predicted octanol–water partition coefficient (Wildman–Crippen LogP) is 5.05. The number of nitrogens with zero attached hydrogens (tertiary/aromatic N) is 4. The molecule has 0 saturated heterocycles. The maximum absolute atomic E-state index is 12.3. The molecule has 0 spiro atoms. The first-order chi connectivity index (χ1) is 12.1.